The molecule has 0 aliphatic carbocycles. The lowest BCUT2D eigenvalue weighted by Gasteiger charge is -2.08. The number of benzene rings is 2. The van der Waals surface area contributed by atoms with Crippen LogP contribution in [0.4, 0.5) is 17.2 Å². The minimum atomic E-state index is -0.279. The van der Waals surface area contributed by atoms with E-state index in [1.54, 1.807) is 30.5 Å². The van der Waals surface area contributed by atoms with Gasteiger partial charge in [0.15, 0.2) is 0 Å². The van der Waals surface area contributed by atoms with Crippen molar-refractivity contribution in [1.29, 1.82) is 0 Å². The van der Waals surface area contributed by atoms with E-state index < -0.39 is 0 Å². The van der Waals surface area contributed by atoms with Gasteiger partial charge >= 0.3 is 0 Å². The number of anilines is 3. The Balaban J connectivity index is 1.67. The Kier molecular flexibility index (Phi) is 4.99. The third-order valence-corrected chi connectivity index (χ3v) is 3.99. The number of rotatable bonds is 4. The van der Waals surface area contributed by atoms with Gasteiger partial charge in [-0.05, 0) is 42.5 Å². The van der Waals surface area contributed by atoms with E-state index in [4.69, 9.17) is 23.2 Å². The first-order valence-electron chi connectivity index (χ1n) is 7.16. The summed E-state index contributed by atoms with van der Waals surface area (Å²) in [6.07, 6.45) is 1.58. The van der Waals surface area contributed by atoms with Crippen molar-refractivity contribution in [1.82, 2.24) is 4.98 Å². The van der Waals surface area contributed by atoms with Crippen LogP contribution < -0.4 is 10.6 Å². The van der Waals surface area contributed by atoms with E-state index in [1.807, 2.05) is 30.3 Å². The molecule has 1 aromatic heterocycles. The lowest BCUT2D eigenvalue weighted by atomic mass is 10.2. The molecule has 0 aliphatic rings. The standard InChI is InChI=1S/C18H13Cl2N3O/c19-15-8-6-12(10-16(15)20)18(24)23-14-7-9-17(21-11-14)22-13-4-2-1-3-5-13/h1-11H,(H,21,22)(H,23,24). The molecule has 0 unspecified atom stereocenters. The van der Waals surface area contributed by atoms with Crippen LogP contribution in [0.5, 0.6) is 0 Å². The molecule has 0 saturated heterocycles. The van der Waals surface area contributed by atoms with Crippen LogP contribution in [0.25, 0.3) is 0 Å². The van der Waals surface area contributed by atoms with Gasteiger partial charge in [0.2, 0.25) is 0 Å². The number of para-hydroxylation sites is 1. The van der Waals surface area contributed by atoms with Crippen LogP contribution in [0.1, 0.15) is 10.4 Å². The second-order valence-electron chi connectivity index (χ2n) is 5.01. The second kappa shape index (κ2) is 7.34. The number of nitrogens with zero attached hydrogens (tertiary/aromatic N) is 1. The van der Waals surface area contributed by atoms with Crippen LogP contribution in [0.2, 0.25) is 10.0 Å². The molecule has 24 heavy (non-hydrogen) atoms. The molecule has 0 bridgehead atoms. The van der Waals surface area contributed by atoms with Crippen molar-refractivity contribution in [3.63, 3.8) is 0 Å². The average molecular weight is 358 g/mol. The summed E-state index contributed by atoms with van der Waals surface area (Å²) in [5.74, 6) is 0.410. The quantitative estimate of drug-likeness (QED) is 0.658. The lowest BCUT2D eigenvalue weighted by molar-refractivity contribution is 0.102. The summed E-state index contributed by atoms with van der Waals surface area (Å²) in [4.78, 5) is 16.5. The molecule has 0 saturated carbocycles. The van der Waals surface area contributed by atoms with Gasteiger partial charge < -0.3 is 10.6 Å². The fraction of sp³-hybridized carbons (Fsp3) is 0. The average Bonchev–Trinajstić information content (AvgIpc) is 2.60. The fourth-order valence-corrected chi connectivity index (χ4v) is 2.35. The summed E-state index contributed by atoms with van der Waals surface area (Å²) in [5, 5.41) is 6.69. The van der Waals surface area contributed by atoms with Crippen molar-refractivity contribution in [3.05, 3.63) is 82.5 Å². The minimum absolute atomic E-state index is 0.279. The molecule has 0 radical (unpaired) electrons. The van der Waals surface area contributed by atoms with Crippen molar-refractivity contribution < 1.29 is 4.79 Å². The highest BCUT2D eigenvalue weighted by Gasteiger charge is 2.08. The first-order chi connectivity index (χ1) is 11.6. The number of hydrogen-bond donors (Lipinski definition) is 2. The van der Waals surface area contributed by atoms with Gasteiger partial charge in [-0.25, -0.2) is 4.98 Å². The molecule has 1 heterocycles. The zero-order chi connectivity index (χ0) is 16.9. The Bertz CT molecular complexity index is 852. The molecule has 6 heteroatoms. The van der Waals surface area contributed by atoms with Crippen molar-refractivity contribution in [2.45, 2.75) is 0 Å². The van der Waals surface area contributed by atoms with Gasteiger partial charge in [0.1, 0.15) is 5.82 Å². The Morgan fingerprint density at radius 1 is 0.875 bits per heavy atom. The summed E-state index contributed by atoms with van der Waals surface area (Å²) < 4.78 is 0. The molecule has 120 valence electrons. The number of carbonyl (C=O) groups is 1. The molecule has 2 aromatic carbocycles. The number of aromatic nitrogens is 1. The van der Waals surface area contributed by atoms with Gasteiger partial charge in [-0.15, -0.1) is 0 Å². The summed E-state index contributed by atoms with van der Waals surface area (Å²) in [5.41, 5.74) is 1.96. The van der Waals surface area contributed by atoms with Crippen LogP contribution >= 0.6 is 23.2 Å². The molecule has 0 spiro atoms. The second-order valence-corrected chi connectivity index (χ2v) is 5.82. The van der Waals surface area contributed by atoms with Crippen LogP contribution in [0.15, 0.2) is 66.9 Å². The number of pyridine rings is 1. The number of nitrogens with one attached hydrogen (secondary N) is 2. The topological polar surface area (TPSA) is 54.0 Å². The van der Waals surface area contributed by atoms with Gasteiger partial charge in [-0.3, -0.25) is 4.79 Å². The Morgan fingerprint density at radius 3 is 2.33 bits per heavy atom. The van der Waals surface area contributed by atoms with Crippen molar-refractivity contribution >= 4 is 46.3 Å². The van der Waals surface area contributed by atoms with Crippen molar-refractivity contribution in [3.8, 4) is 0 Å². The molecule has 0 aliphatic heterocycles. The molecular weight excluding hydrogens is 345 g/mol. The summed E-state index contributed by atoms with van der Waals surface area (Å²) >= 11 is 11.8. The summed E-state index contributed by atoms with van der Waals surface area (Å²) in [7, 11) is 0. The molecule has 2 N–H and O–H groups in total. The Hall–Kier alpha value is -2.56. The highest BCUT2D eigenvalue weighted by atomic mass is 35.5. The third kappa shape index (κ3) is 4.04. The lowest BCUT2D eigenvalue weighted by Crippen LogP contribution is -2.12. The third-order valence-electron chi connectivity index (χ3n) is 3.25. The zero-order valence-electron chi connectivity index (χ0n) is 12.5. The molecule has 3 aromatic rings. The molecule has 1 amide bonds. The highest BCUT2D eigenvalue weighted by molar-refractivity contribution is 6.42. The molecular formula is C18H13Cl2N3O. The molecule has 0 atom stereocenters. The monoisotopic (exact) mass is 357 g/mol. The van der Waals surface area contributed by atoms with E-state index in [0.29, 0.717) is 27.1 Å². The van der Waals surface area contributed by atoms with E-state index in [1.165, 1.54) is 6.07 Å². The maximum atomic E-state index is 12.2. The first-order valence-corrected chi connectivity index (χ1v) is 7.92. The molecule has 4 nitrogen and oxygen atoms in total. The van der Waals surface area contributed by atoms with Crippen LogP contribution in [0.3, 0.4) is 0 Å². The van der Waals surface area contributed by atoms with Gasteiger partial charge in [0.05, 0.1) is 21.9 Å². The number of carbonyl (C=O) groups excluding carboxylic acids is 1. The zero-order valence-corrected chi connectivity index (χ0v) is 14.0. The van der Waals surface area contributed by atoms with Crippen molar-refractivity contribution in [2.75, 3.05) is 10.6 Å². The van der Waals surface area contributed by atoms with E-state index in [0.717, 1.165) is 5.69 Å². The first kappa shape index (κ1) is 16.3. The largest absolute Gasteiger partial charge is 0.340 e. The summed E-state index contributed by atoms with van der Waals surface area (Å²) in [6.45, 7) is 0. The highest BCUT2D eigenvalue weighted by Crippen LogP contribution is 2.23. The number of halogens is 2. The molecule has 3 rings (SSSR count). The minimum Gasteiger partial charge on any atom is -0.340 e. The SMILES string of the molecule is O=C(Nc1ccc(Nc2ccccc2)nc1)c1ccc(Cl)c(Cl)c1. The van der Waals surface area contributed by atoms with Crippen LogP contribution in [-0.4, -0.2) is 10.9 Å². The Labute approximate surface area is 149 Å². The van der Waals surface area contributed by atoms with Crippen LogP contribution in [-0.2, 0) is 0 Å². The van der Waals surface area contributed by atoms with E-state index in [9.17, 15) is 4.79 Å². The predicted octanol–water partition coefficient (Wildman–Crippen LogP) is 5.38. The van der Waals surface area contributed by atoms with Crippen molar-refractivity contribution in [2.24, 2.45) is 0 Å². The van der Waals surface area contributed by atoms with Gasteiger partial charge in [0, 0.05) is 11.3 Å². The van der Waals surface area contributed by atoms with Gasteiger partial charge in [0.25, 0.3) is 5.91 Å². The number of amides is 1. The van der Waals surface area contributed by atoms with E-state index in [2.05, 4.69) is 15.6 Å². The predicted molar refractivity (Wildman–Crippen MR) is 98.4 cm³/mol. The Morgan fingerprint density at radius 2 is 1.67 bits per heavy atom. The van der Waals surface area contributed by atoms with E-state index >= 15 is 0 Å². The fourth-order valence-electron chi connectivity index (χ4n) is 2.05. The molecule has 0 fully saturated rings. The van der Waals surface area contributed by atoms with E-state index in [-0.39, 0.29) is 5.91 Å². The van der Waals surface area contributed by atoms with Crippen LogP contribution in [0, 0.1) is 0 Å². The normalized spacial score (nSPS) is 10.2. The maximum Gasteiger partial charge on any atom is 0.255 e. The van der Waals surface area contributed by atoms with Gasteiger partial charge in [-0.2, -0.15) is 0 Å². The summed E-state index contributed by atoms with van der Waals surface area (Å²) in [6, 6.07) is 18.0. The number of hydrogen-bond acceptors (Lipinski definition) is 3. The van der Waals surface area contributed by atoms with Gasteiger partial charge in [-0.1, -0.05) is 41.4 Å². The maximum absolute atomic E-state index is 12.2. The smallest absolute Gasteiger partial charge is 0.255 e.